The lowest BCUT2D eigenvalue weighted by Gasteiger charge is -2.05. The molecule has 2 heterocycles. The molecule has 0 aliphatic carbocycles. The zero-order valence-electron chi connectivity index (χ0n) is 7.82. The summed E-state index contributed by atoms with van der Waals surface area (Å²) < 4.78 is 0. The third-order valence-electron chi connectivity index (χ3n) is 2.30. The molecule has 0 unspecified atom stereocenters. The van der Waals surface area contributed by atoms with Gasteiger partial charge in [0.05, 0.1) is 18.2 Å². The molecule has 82 valence electrons. The smallest absolute Gasteiger partial charge is 0.325 e. The maximum absolute atomic E-state index is 11.4. The number of hydrogen-bond acceptors (Lipinski definition) is 5. The van der Waals surface area contributed by atoms with Crippen LogP contribution >= 0.6 is 0 Å². The molecule has 0 amide bonds. The first-order chi connectivity index (χ1) is 7.20. The molecule has 15 heavy (non-hydrogen) atoms. The molecule has 1 aromatic rings. The van der Waals surface area contributed by atoms with E-state index in [1.165, 1.54) is 6.20 Å². The van der Waals surface area contributed by atoms with Crippen molar-refractivity contribution in [1.82, 2.24) is 15.4 Å². The molecule has 7 heteroatoms. The molecule has 1 saturated heterocycles. The van der Waals surface area contributed by atoms with Crippen molar-refractivity contribution in [1.29, 1.82) is 0 Å². The van der Waals surface area contributed by atoms with E-state index < -0.39 is 11.2 Å². The number of nitrogens with one attached hydrogen (secondary N) is 3. The molecule has 1 fully saturated rings. The standard InChI is InChI=1S/C8H11N3O4/c12-3-4-1-6(11-15-4)5-2-9-8(14)10-7(5)13/h2,4,6,11-12H,1,3H2,(H2,9,10,13,14)/t4-,6+/m1/s1. The van der Waals surface area contributed by atoms with E-state index in [9.17, 15) is 9.59 Å². The van der Waals surface area contributed by atoms with Gasteiger partial charge in [-0.05, 0) is 6.42 Å². The summed E-state index contributed by atoms with van der Waals surface area (Å²) in [6.45, 7) is -0.106. The summed E-state index contributed by atoms with van der Waals surface area (Å²) in [5.41, 5.74) is 2.04. The van der Waals surface area contributed by atoms with Gasteiger partial charge in [-0.15, -0.1) is 0 Å². The first kappa shape index (κ1) is 10.1. The monoisotopic (exact) mass is 213 g/mol. The normalized spacial score (nSPS) is 25.7. The number of rotatable bonds is 2. The summed E-state index contributed by atoms with van der Waals surface area (Å²) in [4.78, 5) is 31.7. The van der Waals surface area contributed by atoms with Crippen molar-refractivity contribution in [2.45, 2.75) is 18.6 Å². The number of hydroxylamine groups is 1. The molecule has 1 aromatic heterocycles. The van der Waals surface area contributed by atoms with E-state index in [4.69, 9.17) is 9.94 Å². The fraction of sp³-hybridized carbons (Fsp3) is 0.500. The molecule has 0 bridgehead atoms. The van der Waals surface area contributed by atoms with Crippen LogP contribution in [0.4, 0.5) is 0 Å². The molecule has 4 N–H and O–H groups in total. The quantitative estimate of drug-likeness (QED) is 0.473. The molecule has 7 nitrogen and oxygen atoms in total. The fourth-order valence-corrected chi connectivity index (χ4v) is 1.52. The Labute approximate surface area is 84.1 Å². The second kappa shape index (κ2) is 3.97. The van der Waals surface area contributed by atoms with Crippen molar-refractivity contribution in [3.8, 4) is 0 Å². The highest BCUT2D eigenvalue weighted by Gasteiger charge is 2.27. The Bertz CT molecular complexity index is 452. The van der Waals surface area contributed by atoms with Crippen molar-refractivity contribution in [2.24, 2.45) is 0 Å². The van der Waals surface area contributed by atoms with Crippen molar-refractivity contribution < 1.29 is 9.94 Å². The average Bonchev–Trinajstić information content (AvgIpc) is 2.66. The number of aliphatic hydroxyl groups excluding tert-OH is 1. The minimum Gasteiger partial charge on any atom is -0.394 e. The first-order valence-corrected chi connectivity index (χ1v) is 4.54. The van der Waals surface area contributed by atoms with E-state index in [1.54, 1.807) is 0 Å². The van der Waals surface area contributed by atoms with Gasteiger partial charge < -0.3 is 10.1 Å². The molecular weight excluding hydrogens is 202 g/mol. The Morgan fingerprint density at radius 1 is 1.53 bits per heavy atom. The van der Waals surface area contributed by atoms with Crippen LogP contribution in [-0.4, -0.2) is 27.8 Å². The van der Waals surface area contributed by atoms with Crippen LogP contribution < -0.4 is 16.7 Å². The lowest BCUT2D eigenvalue weighted by Crippen LogP contribution is -2.28. The van der Waals surface area contributed by atoms with Crippen molar-refractivity contribution in [3.63, 3.8) is 0 Å². The Hall–Kier alpha value is -1.44. The molecule has 1 aliphatic heterocycles. The van der Waals surface area contributed by atoms with Crippen LogP contribution in [0.15, 0.2) is 15.8 Å². The maximum Gasteiger partial charge on any atom is 0.325 e. The third-order valence-corrected chi connectivity index (χ3v) is 2.30. The molecular formula is C8H11N3O4. The van der Waals surface area contributed by atoms with Gasteiger partial charge in [0.1, 0.15) is 6.10 Å². The molecule has 0 aromatic carbocycles. The predicted molar refractivity (Wildman–Crippen MR) is 50.1 cm³/mol. The van der Waals surface area contributed by atoms with Gasteiger partial charge in [-0.3, -0.25) is 14.6 Å². The van der Waals surface area contributed by atoms with Gasteiger partial charge in [-0.1, -0.05) is 0 Å². The topological polar surface area (TPSA) is 107 Å². The Balaban J connectivity index is 2.24. The SMILES string of the molecule is O=c1[nH]cc([C@@H]2C[C@H](CO)ON2)c(=O)[nH]1. The maximum atomic E-state index is 11.4. The van der Waals surface area contributed by atoms with Gasteiger partial charge in [0.25, 0.3) is 5.56 Å². The Morgan fingerprint density at radius 3 is 2.93 bits per heavy atom. The van der Waals surface area contributed by atoms with Crippen LogP contribution in [0.2, 0.25) is 0 Å². The molecule has 0 saturated carbocycles. The van der Waals surface area contributed by atoms with Crippen molar-refractivity contribution >= 4 is 0 Å². The van der Waals surface area contributed by atoms with E-state index in [-0.39, 0.29) is 18.8 Å². The van der Waals surface area contributed by atoms with Gasteiger partial charge in [0.15, 0.2) is 0 Å². The first-order valence-electron chi connectivity index (χ1n) is 4.54. The zero-order valence-corrected chi connectivity index (χ0v) is 7.82. The molecule has 0 radical (unpaired) electrons. The summed E-state index contributed by atoms with van der Waals surface area (Å²) in [6, 6.07) is -0.303. The summed E-state index contributed by atoms with van der Waals surface area (Å²) in [6.07, 6.45) is 1.52. The Morgan fingerprint density at radius 2 is 2.33 bits per heavy atom. The van der Waals surface area contributed by atoms with E-state index in [0.29, 0.717) is 12.0 Å². The van der Waals surface area contributed by atoms with Gasteiger partial charge in [0, 0.05) is 6.20 Å². The van der Waals surface area contributed by atoms with Gasteiger partial charge in [-0.2, -0.15) is 5.48 Å². The fourth-order valence-electron chi connectivity index (χ4n) is 1.52. The highest BCUT2D eigenvalue weighted by molar-refractivity contribution is 5.10. The largest absolute Gasteiger partial charge is 0.394 e. The van der Waals surface area contributed by atoms with E-state index >= 15 is 0 Å². The number of H-pyrrole nitrogens is 2. The zero-order chi connectivity index (χ0) is 10.8. The molecule has 2 rings (SSSR count). The van der Waals surface area contributed by atoms with Crippen molar-refractivity contribution in [2.75, 3.05) is 6.61 Å². The van der Waals surface area contributed by atoms with Gasteiger partial charge in [-0.25, -0.2) is 4.79 Å². The predicted octanol–water partition coefficient (Wildman–Crippen LogP) is -1.61. The van der Waals surface area contributed by atoms with E-state index in [2.05, 4.69) is 15.4 Å². The van der Waals surface area contributed by atoms with Crippen LogP contribution in [-0.2, 0) is 4.84 Å². The second-order valence-corrected chi connectivity index (χ2v) is 3.36. The van der Waals surface area contributed by atoms with Crippen LogP contribution in [0.1, 0.15) is 18.0 Å². The summed E-state index contributed by atoms with van der Waals surface area (Å²) in [7, 11) is 0. The summed E-state index contributed by atoms with van der Waals surface area (Å²) in [5, 5.41) is 8.84. The lowest BCUT2D eigenvalue weighted by atomic mass is 10.1. The summed E-state index contributed by atoms with van der Waals surface area (Å²) in [5.74, 6) is 0. The van der Waals surface area contributed by atoms with Crippen molar-refractivity contribution in [3.05, 3.63) is 32.6 Å². The van der Waals surface area contributed by atoms with Crippen LogP contribution in [0.5, 0.6) is 0 Å². The van der Waals surface area contributed by atoms with Gasteiger partial charge >= 0.3 is 5.69 Å². The van der Waals surface area contributed by atoms with Gasteiger partial charge in [0.2, 0.25) is 0 Å². The second-order valence-electron chi connectivity index (χ2n) is 3.36. The minimum atomic E-state index is -0.540. The highest BCUT2D eigenvalue weighted by Crippen LogP contribution is 2.21. The van der Waals surface area contributed by atoms with Crippen LogP contribution in [0, 0.1) is 0 Å². The number of aliphatic hydroxyl groups is 1. The molecule has 2 atom stereocenters. The molecule has 1 aliphatic rings. The van der Waals surface area contributed by atoms with Crippen LogP contribution in [0.25, 0.3) is 0 Å². The number of aromatic nitrogens is 2. The highest BCUT2D eigenvalue weighted by atomic mass is 16.7. The van der Waals surface area contributed by atoms with Crippen LogP contribution in [0.3, 0.4) is 0 Å². The third kappa shape index (κ3) is 1.99. The average molecular weight is 213 g/mol. The Kier molecular flexibility index (Phi) is 2.67. The lowest BCUT2D eigenvalue weighted by molar-refractivity contribution is -0.00344. The summed E-state index contributed by atoms with van der Waals surface area (Å²) >= 11 is 0. The van der Waals surface area contributed by atoms with E-state index in [1.807, 2.05) is 0 Å². The van der Waals surface area contributed by atoms with E-state index in [0.717, 1.165) is 0 Å². The molecule has 0 spiro atoms. The number of hydrogen-bond donors (Lipinski definition) is 4. The minimum absolute atomic E-state index is 0.106. The number of aromatic amines is 2.